The number of H-pyrrole nitrogens is 1. The van der Waals surface area contributed by atoms with Gasteiger partial charge in [-0.3, -0.25) is 9.78 Å². The van der Waals surface area contributed by atoms with Crippen molar-refractivity contribution in [3.63, 3.8) is 0 Å². The Kier molecular flexibility index (Phi) is 9.17. The Labute approximate surface area is 288 Å². The average molecular weight is 681 g/mol. The monoisotopic (exact) mass is 680 g/mol. The van der Waals surface area contributed by atoms with Gasteiger partial charge in [-0.25, -0.2) is 10.1 Å². The standard InChI is InChI=1S/C37H37ClN6O3S/c1-21-17-28-32(48-34(40-28)25-15-16-39-27(19-25)23-9-8-10-24(18-23)33-41-43-44-42-33)31(22-11-13-26(38)14-12-22)30(21)29(47-37(5,6)7)20-46-35(45)36(2,3)4/h8-19,29H,20H2,1-7H3,(H,41,42,43,44). The largest absolute Gasteiger partial charge is 0.462 e. The fourth-order valence-corrected chi connectivity index (χ4v) is 6.70. The third-order valence-electron chi connectivity index (χ3n) is 7.64. The van der Waals surface area contributed by atoms with Gasteiger partial charge in [0.1, 0.15) is 17.7 Å². The molecule has 3 aromatic heterocycles. The van der Waals surface area contributed by atoms with Gasteiger partial charge in [0.05, 0.1) is 26.9 Å². The summed E-state index contributed by atoms with van der Waals surface area (Å²) in [6.45, 7) is 13.7. The van der Waals surface area contributed by atoms with Gasteiger partial charge in [0.2, 0.25) is 0 Å². The predicted molar refractivity (Wildman–Crippen MR) is 191 cm³/mol. The van der Waals surface area contributed by atoms with Gasteiger partial charge in [-0.05, 0) is 112 Å². The van der Waals surface area contributed by atoms with Crippen molar-refractivity contribution in [1.29, 1.82) is 0 Å². The number of fused-ring (bicyclic) bond motifs is 1. The molecule has 1 atom stereocenters. The molecule has 0 fully saturated rings. The molecule has 0 aliphatic heterocycles. The molecule has 246 valence electrons. The molecule has 1 N–H and O–H groups in total. The number of esters is 1. The van der Waals surface area contributed by atoms with Crippen LogP contribution in [0, 0.1) is 12.3 Å². The summed E-state index contributed by atoms with van der Waals surface area (Å²) in [5.41, 5.74) is 7.13. The Morgan fingerprint density at radius 1 is 0.938 bits per heavy atom. The van der Waals surface area contributed by atoms with Crippen molar-refractivity contribution in [2.24, 2.45) is 5.41 Å². The van der Waals surface area contributed by atoms with Crippen LogP contribution in [0.2, 0.25) is 5.02 Å². The van der Waals surface area contributed by atoms with Gasteiger partial charge in [-0.1, -0.05) is 41.9 Å². The SMILES string of the molecule is Cc1cc2nc(-c3ccnc(-c4cccc(-c5nnn[nH]5)c4)c3)sc2c(-c2ccc(Cl)cc2)c1C(COC(=O)C(C)(C)C)OC(C)(C)C. The van der Waals surface area contributed by atoms with Gasteiger partial charge in [0, 0.05) is 33.5 Å². The van der Waals surface area contributed by atoms with Gasteiger partial charge in [0.25, 0.3) is 0 Å². The number of carbonyl (C=O) groups is 1. The maximum absolute atomic E-state index is 12.9. The van der Waals surface area contributed by atoms with E-state index in [2.05, 4.69) is 38.6 Å². The zero-order valence-corrected chi connectivity index (χ0v) is 29.5. The summed E-state index contributed by atoms with van der Waals surface area (Å²) in [4.78, 5) is 22.7. The maximum Gasteiger partial charge on any atom is 0.311 e. The van der Waals surface area contributed by atoms with Crippen LogP contribution >= 0.6 is 22.9 Å². The highest BCUT2D eigenvalue weighted by Crippen LogP contribution is 2.45. The molecule has 9 nitrogen and oxygen atoms in total. The fraction of sp³-hybridized carbons (Fsp3) is 0.297. The third-order valence-corrected chi connectivity index (χ3v) is 9.03. The Bertz CT molecular complexity index is 2080. The fourth-order valence-electron chi connectivity index (χ4n) is 5.45. The molecule has 6 rings (SSSR count). The molecule has 3 aromatic carbocycles. The minimum atomic E-state index is -0.644. The van der Waals surface area contributed by atoms with Crippen molar-refractivity contribution in [2.75, 3.05) is 6.61 Å². The highest BCUT2D eigenvalue weighted by atomic mass is 35.5. The van der Waals surface area contributed by atoms with Gasteiger partial charge in [-0.2, -0.15) is 0 Å². The van der Waals surface area contributed by atoms with Crippen molar-refractivity contribution >= 4 is 39.1 Å². The van der Waals surface area contributed by atoms with Gasteiger partial charge in [0.15, 0.2) is 5.82 Å². The molecule has 0 bridgehead atoms. The van der Waals surface area contributed by atoms with E-state index in [1.807, 2.05) is 102 Å². The average Bonchev–Trinajstić information content (AvgIpc) is 3.73. The quantitative estimate of drug-likeness (QED) is 0.158. The minimum absolute atomic E-state index is 0.0723. The Balaban J connectivity index is 1.48. The first-order chi connectivity index (χ1) is 22.8. The van der Waals surface area contributed by atoms with E-state index in [9.17, 15) is 4.79 Å². The number of hydrogen-bond acceptors (Lipinski definition) is 9. The van der Waals surface area contributed by atoms with E-state index in [0.29, 0.717) is 10.8 Å². The number of aromatic nitrogens is 6. The van der Waals surface area contributed by atoms with E-state index < -0.39 is 17.1 Å². The van der Waals surface area contributed by atoms with Gasteiger partial charge >= 0.3 is 5.97 Å². The van der Waals surface area contributed by atoms with Crippen LogP contribution in [-0.2, 0) is 14.3 Å². The molecule has 1 unspecified atom stereocenters. The summed E-state index contributed by atoms with van der Waals surface area (Å²) < 4.78 is 13.5. The van der Waals surface area contributed by atoms with Crippen LogP contribution in [-0.4, -0.2) is 48.8 Å². The number of tetrazole rings is 1. The molecule has 0 saturated heterocycles. The lowest BCUT2D eigenvalue weighted by Crippen LogP contribution is -2.30. The molecule has 11 heteroatoms. The molecule has 3 heterocycles. The predicted octanol–water partition coefficient (Wildman–Crippen LogP) is 9.28. The number of nitrogens with one attached hydrogen (secondary N) is 1. The normalized spacial score (nSPS) is 12.8. The Hall–Kier alpha value is -4.51. The van der Waals surface area contributed by atoms with Crippen molar-refractivity contribution in [1.82, 2.24) is 30.6 Å². The van der Waals surface area contributed by atoms with E-state index in [1.54, 1.807) is 17.5 Å². The summed E-state index contributed by atoms with van der Waals surface area (Å²) in [5.74, 6) is 0.301. The van der Waals surface area contributed by atoms with Crippen molar-refractivity contribution in [2.45, 2.75) is 60.2 Å². The van der Waals surface area contributed by atoms with E-state index in [0.717, 1.165) is 59.9 Å². The molecule has 0 spiro atoms. The molecule has 6 aromatic rings. The van der Waals surface area contributed by atoms with Crippen LogP contribution in [0.5, 0.6) is 0 Å². The summed E-state index contributed by atoms with van der Waals surface area (Å²) in [6, 6.07) is 21.8. The number of aromatic amines is 1. The Morgan fingerprint density at radius 2 is 1.69 bits per heavy atom. The number of carbonyl (C=O) groups excluding carboxylic acids is 1. The van der Waals surface area contributed by atoms with Crippen LogP contribution < -0.4 is 0 Å². The van der Waals surface area contributed by atoms with Crippen LogP contribution in [0.1, 0.15) is 58.8 Å². The second-order valence-electron chi connectivity index (χ2n) is 13.7. The van der Waals surface area contributed by atoms with Crippen LogP contribution in [0.25, 0.3) is 54.6 Å². The topological polar surface area (TPSA) is 116 Å². The number of nitrogens with zero attached hydrogens (tertiary/aromatic N) is 5. The summed E-state index contributed by atoms with van der Waals surface area (Å²) in [6.07, 6.45) is 1.27. The zero-order chi connectivity index (χ0) is 34.2. The molecular weight excluding hydrogens is 644 g/mol. The highest BCUT2D eigenvalue weighted by Gasteiger charge is 2.31. The second-order valence-corrected chi connectivity index (χ2v) is 15.1. The number of aryl methyl sites for hydroxylation is 1. The lowest BCUT2D eigenvalue weighted by Gasteiger charge is -2.31. The molecule has 48 heavy (non-hydrogen) atoms. The molecule has 0 amide bonds. The molecular formula is C37H37ClN6O3S. The number of rotatable bonds is 8. The molecule has 0 saturated carbocycles. The minimum Gasteiger partial charge on any atom is -0.462 e. The maximum atomic E-state index is 12.9. The lowest BCUT2D eigenvalue weighted by molar-refractivity contribution is -0.162. The summed E-state index contributed by atoms with van der Waals surface area (Å²) in [5, 5.41) is 15.7. The molecule has 0 aliphatic rings. The van der Waals surface area contributed by atoms with Crippen LogP contribution in [0.15, 0.2) is 72.9 Å². The first kappa shape index (κ1) is 33.4. The number of thiazole rings is 1. The number of pyridine rings is 1. The van der Waals surface area contributed by atoms with E-state index in [-0.39, 0.29) is 12.6 Å². The highest BCUT2D eigenvalue weighted by molar-refractivity contribution is 7.22. The van der Waals surface area contributed by atoms with Gasteiger partial charge in [-0.15, -0.1) is 16.4 Å². The van der Waals surface area contributed by atoms with Crippen LogP contribution in [0.3, 0.4) is 0 Å². The second kappa shape index (κ2) is 13.2. The van der Waals surface area contributed by atoms with Crippen molar-refractivity contribution < 1.29 is 14.3 Å². The van der Waals surface area contributed by atoms with Crippen molar-refractivity contribution in [3.05, 3.63) is 89.1 Å². The zero-order valence-electron chi connectivity index (χ0n) is 28.0. The van der Waals surface area contributed by atoms with Gasteiger partial charge < -0.3 is 9.47 Å². The number of halogens is 1. The summed E-state index contributed by atoms with van der Waals surface area (Å²) >= 11 is 7.95. The smallest absolute Gasteiger partial charge is 0.311 e. The van der Waals surface area contributed by atoms with Crippen molar-refractivity contribution in [3.8, 4) is 44.3 Å². The third kappa shape index (κ3) is 7.31. The molecule has 0 aliphatic carbocycles. The van der Waals surface area contributed by atoms with E-state index in [4.69, 9.17) is 26.1 Å². The van der Waals surface area contributed by atoms with E-state index >= 15 is 0 Å². The first-order valence-corrected chi connectivity index (χ1v) is 16.8. The Morgan fingerprint density at radius 3 is 2.38 bits per heavy atom. The summed E-state index contributed by atoms with van der Waals surface area (Å²) in [7, 11) is 0. The first-order valence-electron chi connectivity index (χ1n) is 15.6. The molecule has 0 radical (unpaired) electrons. The van der Waals surface area contributed by atoms with Crippen LogP contribution in [0.4, 0.5) is 0 Å². The number of benzene rings is 3. The number of ether oxygens (including phenoxy) is 2. The van der Waals surface area contributed by atoms with E-state index in [1.165, 1.54) is 0 Å². The lowest BCUT2D eigenvalue weighted by atomic mass is 9.91. The number of hydrogen-bond donors (Lipinski definition) is 1.